The molecule has 25 heavy (non-hydrogen) atoms. The van der Waals surface area contributed by atoms with Crippen molar-refractivity contribution < 1.29 is 9.90 Å². The summed E-state index contributed by atoms with van der Waals surface area (Å²) in [5, 5.41) is 14.7. The molecule has 0 spiro atoms. The van der Waals surface area contributed by atoms with Gasteiger partial charge in [-0.25, -0.2) is 9.97 Å². The molecule has 1 aromatic carbocycles. The maximum atomic E-state index is 10.8. The number of rotatable bonds is 5. The smallest absolute Gasteiger partial charge is 0.303 e. The average molecular weight is 338 g/mol. The molecule has 6 heteroatoms. The van der Waals surface area contributed by atoms with E-state index < -0.39 is 5.97 Å². The van der Waals surface area contributed by atoms with Crippen molar-refractivity contribution >= 4 is 22.5 Å². The molecule has 1 saturated carbocycles. The molecular formula is C19H22N4O2. The number of benzene rings is 1. The van der Waals surface area contributed by atoms with Crippen LogP contribution in [0.5, 0.6) is 0 Å². The van der Waals surface area contributed by atoms with Crippen molar-refractivity contribution in [3.63, 3.8) is 0 Å². The number of para-hydroxylation sites is 1. The summed E-state index contributed by atoms with van der Waals surface area (Å²) < 4.78 is 1.84. The van der Waals surface area contributed by atoms with Crippen molar-refractivity contribution in [3.05, 3.63) is 35.9 Å². The summed E-state index contributed by atoms with van der Waals surface area (Å²) in [5.74, 6) is 1.36. The van der Waals surface area contributed by atoms with E-state index in [0.29, 0.717) is 18.8 Å². The standard InChI is InChI=1S/C19H22N4O2/c24-17(25)12-6-11-16-20-15-10-5-4-9-14(15)19-21-18(22-23(16)19)13-7-2-1-3-8-13/h4-5,9-10,13H,1-3,6-8,11-12H2,(H,24,25). The number of carboxylic acids is 1. The molecule has 0 saturated heterocycles. The van der Waals surface area contributed by atoms with Crippen molar-refractivity contribution in [2.45, 2.75) is 57.3 Å². The fraction of sp³-hybridized carbons (Fsp3) is 0.474. The third kappa shape index (κ3) is 3.21. The number of carboxylic acid groups (broad SMARTS) is 1. The zero-order valence-electron chi connectivity index (χ0n) is 14.2. The molecule has 0 radical (unpaired) electrons. The molecule has 3 aromatic rings. The predicted molar refractivity (Wildman–Crippen MR) is 94.7 cm³/mol. The lowest BCUT2D eigenvalue weighted by Crippen LogP contribution is -2.08. The van der Waals surface area contributed by atoms with E-state index in [2.05, 4.69) is 0 Å². The van der Waals surface area contributed by atoms with E-state index in [0.717, 1.165) is 41.0 Å². The summed E-state index contributed by atoms with van der Waals surface area (Å²) in [6.07, 6.45) is 7.35. The number of aromatic nitrogens is 4. The maximum Gasteiger partial charge on any atom is 0.303 e. The second-order valence-corrected chi connectivity index (χ2v) is 6.83. The molecule has 0 unspecified atom stereocenters. The van der Waals surface area contributed by atoms with Crippen LogP contribution in [0.2, 0.25) is 0 Å². The van der Waals surface area contributed by atoms with Crippen LogP contribution in [0, 0.1) is 0 Å². The third-order valence-corrected chi connectivity index (χ3v) is 5.02. The summed E-state index contributed by atoms with van der Waals surface area (Å²) in [4.78, 5) is 20.4. The van der Waals surface area contributed by atoms with Crippen molar-refractivity contribution in [1.29, 1.82) is 0 Å². The number of carbonyl (C=O) groups is 1. The highest BCUT2D eigenvalue weighted by Gasteiger charge is 2.22. The minimum absolute atomic E-state index is 0.139. The number of fused-ring (bicyclic) bond motifs is 3. The molecule has 2 aromatic heterocycles. The topological polar surface area (TPSA) is 80.4 Å². The summed E-state index contributed by atoms with van der Waals surface area (Å²) >= 11 is 0. The minimum atomic E-state index is -0.779. The lowest BCUT2D eigenvalue weighted by Gasteiger charge is -2.17. The Morgan fingerprint density at radius 1 is 1.16 bits per heavy atom. The number of aryl methyl sites for hydroxylation is 1. The van der Waals surface area contributed by atoms with Crippen molar-refractivity contribution in [2.24, 2.45) is 0 Å². The first-order valence-corrected chi connectivity index (χ1v) is 9.08. The van der Waals surface area contributed by atoms with E-state index in [1.165, 1.54) is 19.3 Å². The van der Waals surface area contributed by atoms with Gasteiger partial charge in [-0.2, -0.15) is 4.52 Å². The zero-order chi connectivity index (χ0) is 17.2. The van der Waals surface area contributed by atoms with Crippen molar-refractivity contribution in [2.75, 3.05) is 0 Å². The lowest BCUT2D eigenvalue weighted by atomic mass is 9.89. The number of hydrogen-bond donors (Lipinski definition) is 1. The van der Waals surface area contributed by atoms with E-state index in [1.54, 1.807) is 0 Å². The van der Waals surface area contributed by atoms with Gasteiger partial charge < -0.3 is 5.11 Å². The molecule has 1 fully saturated rings. The van der Waals surface area contributed by atoms with Gasteiger partial charge in [-0.15, -0.1) is 5.10 Å². The monoisotopic (exact) mass is 338 g/mol. The van der Waals surface area contributed by atoms with Gasteiger partial charge in [-0.3, -0.25) is 4.79 Å². The number of aliphatic carboxylic acids is 1. The fourth-order valence-corrected chi connectivity index (χ4v) is 3.72. The molecule has 0 bridgehead atoms. The first-order chi connectivity index (χ1) is 12.2. The first-order valence-electron chi connectivity index (χ1n) is 9.08. The largest absolute Gasteiger partial charge is 0.481 e. The van der Waals surface area contributed by atoms with Gasteiger partial charge in [0.2, 0.25) is 0 Å². The summed E-state index contributed by atoms with van der Waals surface area (Å²) in [7, 11) is 0. The molecule has 2 heterocycles. The van der Waals surface area contributed by atoms with Crippen LogP contribution in [0.25, 0.3) is 16.6 Å². The van der Waals surface area contributed by atoms with E-state index in [9.17, 15) is 4.79 Å². The Labute approximate surface area is 145 Å². The molecule has 1 aliphatic rings. The Kier molecular flexibility index (Phi) is 4.34. The van der Waals surface area contributed by atoms with Crippen molar-refractivity contribution in [1.82, 2.24) is 19.6 Å². The predicted octanol–water partition coefficient (Wildman–Crippen LogP) is 3.73. The van der Waals surface area contributed by atoms with Crippen LogP contribution in [-0.4, -0.2) is 30.7 Å². The Hall–Kier alpha value is -2.50. The summed E-state index contributed by atoms with van der Waals surface area (Å²) in [5.41, 5.74) is 1.74. The zero-order valence-corrected chi connectivity index (χ0v) is 14.2. The van der Waals surface area contributed by atoms with Crippen LogP contribution in [0.4, 0.5) is 0 Å². The molecule has 6 nitrogen and oxygen atoms in total. The van der Waals surface area contributed by atoms with Gasteiger partial charge in [0, 0.05) is 24.1 Å². The van der Waals surface area contributed by atoms with Gasteiger partial charge in [-0.05, 0) is 31.4 Å². The maximum absolute atomic E-state index is 10.8. The van der Waals surface area contributed by atoms with Crippen LogP contribution >= 0.6 is 0 Å². The highest BCUT2D eigenvalue weighted by atomic mass is 16.4. The van der Waals surface area contributed by atoms with E-state index in [4.69, 9.17) is 20.2 Å². The molecule has 4 rings (SSSR count). The molecule has 0 aliphatic heterocycles. The molecule has 0 amide bonds. The van der Waals surface area contributed by atoms with Gasteiger partial charge in [0.05, 0.1) is 5.52 Å². The van der Waals surface area contributed by atoms with Gasteiger partial charge >= 0.3 is 5.97 Å². The second kappa shape index (κ2) is 6.78. The molecule has 1 N–H and O–H groups in total. The highest BCUT2D eigenvalue weighted by Crippen LogP contribution is 2.31. The lowest BCUT2D eigenvalue weighted by molar-refractivity contribution is -0.137. The normalized spacial score (nSPS) is 15.8. The van der Waals surface area contributed by atoms with Crippen LogP contribution in [0.15, 0.2) is 24.3 Å². The summed E-state index contributed by atoms with van der Waals surface area (Å²) in [6.45, 7) is 0. The Bertz CT molecular complexity index is 912. The van der Waals surface area contributed by atoms with Crippen LogP contribution in [0.1, 0.15) is 62.5 Å². The van der Waals surface area contributed by atoms with Gasteiger partial charge in [0.15, 0.2) is 11.5 Å². The van der Waals surface area contributed by atoms with Crippen LogP contribution < -0.4 is 0 Å². The number of nitrogens with zero attached hydrogens (tertiary/aromatic N) is 4. The Morgan fingerprint density at radius 3 is 2.76 bits per heavy atom. The third-order valence-electron chi connectivity index (χ3n) is 5.02. The number of hydrogen-bond acceptors (Lipinski definition) is 4. The van der Waals surface area contributed by atoms with E-state index >= 15 is 0 Å². The van der Waals surface area contributed by atoms with Crippen molar-refractivity contribution in [3.8, 4) is 0 Å². The van der Waals surface area contributed by atoms with Crippen LogP contribution in [-0.2, 0) is 11.2 Å². The molecule has 0 atom stereocenters. The van der Waals surface area contributed by atoms with Gasteiger partial charge in [-0.1, -0.05) is 31.4 Å². The highest BCUT2D eigenvalue weighted by molar-refractivity contribution is 5.91. The Balaban J connectivity index is 1.78. The molecule has 130 valence electrons. The Morgan fingerprint density at radius 2 is 1.96 bits per heavy atom. The van der Waals surface area contributed by atoms with Gasteiger partial charge in [0.25, 0.3) is 0 Å². The fourth-order valence-electron chi connectivity index (χ4n) is 3.72. The van der Waals surface area contributed by atoms with Gasteiger partial charge in [0.1, 0.15) is 5.82 Å². The minimum Gasteiger partial charge on any atom is -0.481 e. The molecular weight excluding hydrogens is 316 g/mol. The second-order valence-electron chi connectivity index (χ2n) is 6.83. The average Bonchev–Trinajstić information content (AvgIpc) is 3.08. The van der Waals surface area contributed by atoms with E-state index in [-0.39, 0.29) is 6.42 Å². The molecule has 1 aliphatic carbocycles. The SMILES string of the molecule is O=C(O)CCCc1nc2ccccc2c2nc(C3CCCCC3)nn12. The quantitative estimate of drug-likeness (QED) is 0.766. The summed E-state index contributed by atoms with van der Waals surface area (Å²) in [6, 6.07) is 7.96. The first kappa shape index (κ1) is 16.0. The van der Waals surface area contributed by atoms with E-state index in [1.807, 2.05) is 28.8 Å². The van der Waals surface area contributed by atoms with Crippen LogP contribution in [0.3, 0.4) is 0 Å².